The number of carbonyl (C=O) groups is 1. The number of nitrogens with one attached hydrogen (secondary N) is 1. The molecule has 2 rings (SSSR count). The van der Waals surface area contributed by atoms with E-state index in [0.29, 0.717) is 5.92 Å². The maximum absolute atomic E-state index is 12.8. The lowest BCUT2D eigenvalue weighted by atomic mass is 9.97. The number of hydrogen-bond acceptors (Lipinski definition) is 1. The van der Waals surface area contributed by atoms with E-state index in [1.807, 2.05) is 24.3 Å². The van der Waals surface area contributed by atoms with Crippen molar-refractivity contribution >= 4 is 17.7 Å². The van der Waals surface area contributed by atoms with E-state index < -0.39 is 0 Å². The number of para-hydroxylation sites is 1. The third kappa shape index (κ3) is 4.29. The molecule has 114 valence electrons. The number of halogens is 1. The van der Waals surface area contributed by atoms with Gasteiger partial charge in [0.1, 0.15) is 5.82 Å². The van der Waals surface area contributed by atoms with Crippen molar-refractivity contribution in [3.8, 4) is 0 Å². The van der Waals surface area contributed by atoms with E-state index in [-0.39, 0.29) is 11.7 Å². The average Bonchev–Trinajstić information content (AvgIpc) is 2.54. The van der Waals surface area contributed by atoms with Gasteiger partial charge in [-0.2, -0.15) is 0 Å². The molecule has 0 fully saturated rings. The molecule has 0 aliphatic carbocycles. The van der Waals surface area contributed by atoms with E-state index in [4.69, 9.17) is 0 Å². The first-order chi connectivity index (χ1) is 10.6. The lowest BCUT2D eigenvalue weighted by Crippen LogP contribution is -2.10. The van der Waals surface area contributed by atoms with E-state index in [1.54, 1.807) is 18.2 Å². The van der Waals surface area contributed by atoms with Gasteiger partial charge >= 0.3 is 0 Å². The summed E-state index contributed by atoms with van der Waals surface area (Å²) in [5.74, 6) is -0.0956. The average molecular weight is 297 g/mol. The number of anilines is 1. The van der Waals surface area contributed by atoms with E-state index >= 15 is 0 Å². The first kappa shape index (κ1) is 16.0. The predicted octanol–water partition coefficient (Wildman–Crippen LogP) is 4.99. The summed E-state index contributed by atoms with van der Waals surface area (Å²) in [5.41, 5.74) is 2.76. The Hall–Kier alpha value is -2.42. The molecule has 0 aliphatic rings. The van der Waals surface area contributed by atoms with Gasteiger partial charge < -0.3 is 5.32 Å². The van der Waals surface area contributed by atoms with E-state index in [1.165, 1.54) is 18.2 Å². The second kappa shape index (κ2) is 7.55. The quantitative estimate of drug-likeness (QED) is 0.774. The molecule has 2 nitrogen and oxygen atoms in total. The largest absolute Gasteiger partial charge is 0.322 e. The molecule has 1 atom stereocenters. The second-order valence-electron chi connectivity index (χ2n) is 5.27. The Kier molecular flexibility index (Phi) is 5.48. The molecule has 3 heteroatoms. The molecule has 0 saturated heterocycles. The van der Waals surface area contributed by atoms with Gasteiger partial charge in [-0.3, -0.25) is 4.79 Å². The van der Waals surface area contributed by atoms with Gasteiger partial charge in [0.2, 0.25) is 5.91 Å². The number of rotatable bonds is 5. The highest BCUT2D eigenvalue weighted by Gasteiger charge is 2.09. The van der Waals surface area contributed by atoms with Gasteiger partial charge in [-0.05, 0) is 47.7 Å². The monoisotopic (exact) mass is 297 g/mol. The van der Waals surface area contributed by atoms with Gasteiger partial charge in [-0.15, -0.1) is 0 Å². The molecule has 0 heterocycles. The van der Waals surface area contributed by atoms with Crippen LogP contribution in [-0.2, 0) is 4.79 Å². The predicted molar refractivity (Wildman–Crippen MR) is 89.2 cm³/mol. The number of benzene rings is 2. The Morgan fingerprint density at radius 3 is 2.55 bits per heavy atom. The molecule has 0 aliphatic heterocycles. The van der Waals surface area contributed by atoms with Crippen LogP contribution < -0.4 is 5.32 Å². The van der Waals surface area contributed by atoms with Gasteiger partial charge in [0.05, 0.1) is 0 Å². The summed E-state index contributed by atoms with van der Waals surface area (Å²) in [4.78, 5) is 12.0. The molecule has 0 unspecified atom stereocenters. The highest BCUT2D eigenvalue weighted by atomic mass is 19.1. The molecule has 22 heavy (non-hydrogen) atoms. The summed E-state index contributed by atoms with van der Waals surface area (Å²) in [7, 11) is 0. The smallest absolute Gasteiger partial charge is 0.248 e. The minimum Gasteiger partial charge on any atom is -0.322 e. The number of hydrogen-bond donors (Lipinski definition) is 1. The highest BCUT2D eigenvalue weighted by molar-refractivity contribution is 6.02. The molecule has 1 amide bonds. The maximum atomic E-state index is 12.8. The number of carbonyl (C=O) groups excluding carboxylic acids is 1. The first-order valence-electron chi connectivity index (χ1n) is 7.43. The van der Waals surface area contributed by atoms with Crippen molar-refractivity contribution in [2.24, 2.45) is 0 Å². The Balaban J connectivity index is 2.08. The SMILES string of the molecule is CC[C@@H](C)c1ccccc1NC(=O)/C=C/c1ccc(F)cc1. The normalized spacial score (nSPS) is 12.3. The molecule has 0 radical (unpaired) electrons. The first-order valence-corrected chi connectivity index (χ1v) is 7.43. The fourth-order valence-electron chi connectivity index (χ4n) is 2.18. The highest BCUT2D eigenvalue weighted by Crippen LogP contribution is 2.26. The minimum atomic E-state index is -0.288. The van der Waals surface area contributed by atoms with Crippen molar-refractivity contribution in [1.29, 1.82) is 0 Å². The van der Waals surface area contributed by atoms with Gasteiger partial charge in [-0.25, -0.2) is 4.39 Å². The van der Waals surface area contributed by atoms with Gasteiger partial charge in [0.25, 0.3) is 0 Å². The summed E-state index contributed by atoms with van der Waals surface area (Å²) < 4.78 is 12.8. The zero-order chi connectivity index (χ0) is 15.9. The molecule has 0 spiro atoms. The Morgan fingerprint density at radius 1 is 1.18 bits per heavy atom. The fourth-order valence-corrected chi connectivity index (χ4v) is 2.18. The van der Waals surface area contributed by atoms with E-state index in [2.05, 4.69) is 19.2 Å². The molecule has 0 aromatic heterocycles. The summed E-state index contributed by atoms with van der Waals surface area (Å²) in [6.45, 7) is 4.26. The minimum absolute atomic E-state index is 0.194. The van der Waals surface area contributed by atoms with Crippen LogP contribution in [0.25, 0.3) is 6.08 Å². The zero-order valence-electron chi connectivity index (χ0n) is 12.8. The maximum Gasteiger partial charge on any atom is 0.248 e. The fraction of sp³-hybridized carbons (Fsp3) is 0.211. The standard InChI is InChI=1S/C19H20FNO/c1-3-14(2)17-6-4-5-7-18(17)21-19(22)13-10-15-8-11-16(20)12-9-15/h4-14H,3H2,1-2H3,(H,21,22)/b13-10+/t14-/m1/s1. The van der Waals surface area contributed by atoms with Crippen LogP contribution in [0, 0.1) is 5.82 Å². The molecule has 0 saturated carbocycles. The topological polar surface area (TPSA) is 29.1 Å². The van der Waals surface area contributed by atoms with Crippen LogP contribution in [0.2, 0.25) is 0 Å². The lowest BCUT2D eigenvalue weighted by molar-refractivity contribution is -0.111. The third-order valence-corrected chi connectivity index (χ3v) is 3.66. The lowest BCUT2D eigenvalue weighted by Gasteiger charge is -2.14. The van der Waals surface area contributed by atoms with Crippen LogP contribution >= 0.6 is 0 Å². The van der Waals surface area contributed by atoms with Gasteiger partial charge in [0, 0.05) is 11.8 Å². The van der Waals surface area contributed by atoms with Crippen LogP contribution in [0.1, 0.15) is 37.3 Å². The molecule has 2 aromatic rings. The molecule has 1 N–H and O–H groups in total. The van der Waals surface area contributed by atoms with Crippen molar-refractivity contribution < 1.29 is 9.18 Å². The van der Waals surface area contributed by atoms with E-state index in [9.17, 15) is 9.18 Å². The summed E-state index contributed by atoms with van der Waals surface area (Å²) in [6.07, 6.45) is 4.14. The van der Waals surface area contributed by atoms with Crippen molar-refractivity contribution in [2.75, 3.05) is 5.32 Å². The zero-order valence-corrected chi connectivity index (χ0v) is 12.8. The van der Waals surface area contributed by atoms with Crippen molar-refractivity contribution in [2.45, 2.75) is 26.2 Å². The second-order valence-corrected chi connectivity index (χ2v) is 5.27. The number of amides is 1. The van der Waals surface area contributed by atoms with E-state index in [0.717, 1.165) is 23.2 Å². The summed E-state index contributed by atoms with van der Waals surface area (Å²) >= 11 is 0. The van der Waals surface area contributed by atoms with Crippen LogP contribution in [-0.4, -0.2) is 5.91 Å². The van der Waals surface area contributed by atoms with Crippen LogP contribution in [0.4, 0.5) is 10.1 Å². The van der Waals surface area contributed by atoms with Crippen LogP contribution in [0.15, 0.2) is 54.6 Å². The Morgan fingerprint density at radius 2 is 1.86 bits per heavy atom. The molecule has 0 bridgehead atoms. The Bertz CT molecular complexity index is 661. The summed E-state index contributed by atoms with van der Waals surface area (Å²) in [6, 6.07) is 13.8. The van der Waals surface area contributed by atoms with Gasteiger partial charge in [-0.1, -0.05) is 44.2 Å². The third-order valence-electron chi connectivity index (χ3n) is 3.66. The van der Waals surface area contributed by atoms with Crippen molar-refractivity contribution in [3.63, 3.8) is 0 Å². The summed E-state index contributed by atoms with van der Waals surface area (Å²) in [5, 5.41) is 2.91. The van der Waals surface area contributed by atoms with Crippen molar-refractivity contribution in [3.05, 3.63) is 71.6 Å². The van der Waals surface area contributed by atoms with Crippen LogP contribution in [0.3, 0.4) is 0 Å². The molecule has 2 aromatic carbocycles. The molecular formula is C19H20FNO. The van der Waals surface area contributed by atoms with Crippen molar-refractivity contribution in [1.82, 2.24) is 0 Å². The molecular weight excluding hydrogens is 277 g/mol. The Labute approximate surface area is 130 Å². The van der Waals surface area contributed by atoms with Gasteiger partial charge in [0.15, 0.2) is 0 Å². The van der Waals surface area contributed by atoms with Crippen LogP contribution in [0.5, 0.6) is 0 Å².